The molecule has 0 aliphatic carbocycles. The zero-order valence-corrected chi connectivity index (χ0v) is 17.8. The van der Waals surface area contributed by atoms with E-state index in [-0.39, 0.29) is 25.0 Å². The fraction of sp³-hybridized carbons (Fsp3) is 0.167. The van der Waals surface area contributed by atoms with Crippen LogP contribution in [0.2, 0.25) is 0 Å². The van der Waals surface area contributed by atoms with Gasteiger partial charge in [0, 0.05) is 12.5 Å². The maximum atomic E-state index is 12.5. The molecular formula is C24H18ClNO6. The van der Waals surface area contributed by atoms with Crippen LogP contribution < -0.4 is 35.9 Å². The maximum Gasteiger partial charge on any atom is 0.379 e. The van der Waals surface area contributed by atoms with Gasteiger partial charge in [0.25, 0.3) is 0 Å². The van der Waals surface area contributed by atoms with E-state index in [0.29, 0.717) is 11.5 Å². The van der Waals surface area contributed by atoms with E-state index in [1.54, 1.807) is 25.3 Å². The van der Waals surface area contributed by atoms with Crippen molar-refractivity contribution in [2.75, 3.05) is 13.9 Å². The van der Waals surface area contributed by atoms with Crippen molar-refractivity contribution in [2.24, 2.45) is 0 Å². The first-order chi connectivity index (χ1) is 15.2. The summed E-state index contributed by atoms with van der Waals surface area (Å²) in [6, 6.07) is 13.2. The zero-order valence-electron chi connectivity index (χ0n) is 17.1. The Labute approximate surface area is 189 Å². The number of nitrogens with zero attached hydrogens (tertiary/aromatic N) is 1. The third kappa shape index (κ3) is 3.13. The third-order valence-corrected chi connectivity index (χ3v) is 5.71. The van der Waals surface area contributed by atoms with Crippen LogP contribution in [0.4, 0.5) is 0 Å². The van der Waals surface area contributed by atoms with Crippen molar-refractivity contribution in [3.8, 4) is 34.3 Å². The van der Waals surface area contributed by atoms with E-state index >= 15 is 0 Å². The number of carbonyl (C=O) groups is 1. The van der Waals surface area contributed by atoms with E-state index in [9.17, 15) is 4.79 Å². The molecule has 0 atom stereocenters. The molecule has 7 nitrogen and oxygen atoms in total. The molecule has 0 saturated carbocycles. The van der Waals surface area contributed by atoms with E-state index < -0.39 is 5.97 Å². The van der Waals surface area contributed by atoms with Crippen LogP contribution in [0.25, 0.3) is 22.0 Å². The van der Waals surface area contributed by atoms with Gasteiger partial charge in [0.05, 0.1) is 24.3 Å². The summed E-state index contributed by atoms with van der Waals surface area (Å²) in [5.74, 6) is 1.96. The summed E-state index contributed by atoms with van der Waals surface area (Å²) in [6.45, 7) is 1.04. The van der Waals surface area contributed by atoms with Gasteiger partial charge in [-0.15, -0.1) is 0 Å². The quantitative estimate of drug-likeness (QED) is 0.262. The van der Waals surface area contributed by atoms with Crippen molar-refractivity contribution >= 4 is 16.7 Å². The Morgan fingerprint density at radius 2 is 1.94 bits per heavy atom. The highest BCUT2D eigenvalue weighted by Gasteiger charge is 2.29. The minimum atomic E-state index is -0.573. The Hall–Kier alpha value is -3.71. The molecule has 162 valence electrons. The van der Waals surface area contributed by atoms with Gasteiger partial charge in [-0.25, -0.2) is 4.79 Å². The van der Waals surface area contributed by atoms with Crippen LogP contribution in [0, 0.1) is 0 Å². The number of aromatic nitrogens is 1. The van der Waals surface area contributed by atoms with Crippen LogP contribution in [0.5, 0.6) is 23.0 Å². The van der Waals surface area contributed by atoms with E-state index in [2.05, 4.69) is 16.7 Å². The Kier molecular flexibility index (Phi) is 4.90. The first-order valence-corrected chi connectivity index (χ1v) is 9.94. The van der Waals surface area contributed by atoms with Crippen LogP contribution >= 0.6 is 0 Å². The molecule has 4 heterocycles. The molecule has 0 amide bonds. The zero-order chi connectivity index (χ0) is 20.9. The summed E-state index contributed by atoms with van der Waals surface area (Å²) in [5, 5.41) is 1.71. The lowest BCUT2D eigenvalue weighted by atomic mass is 9.95. The van der Waals surface area contributed by atoms with Gasteiger partial charge in [-0.3, -0.25) is 0 Å². The molecule has 0 unspecified atom stereocenters. The largest absolute Gasteiger partial charge is 1.00 e. The SMILES string of the molecule is COc1ccc2cc3[n+](cc2c1OC(=O)c1ccco1)CCc1cc2c(cc1-3)OCO2.[Cl-]. The number of ether oxygens (including phenoxy) is 4. The van der Waals surface area contributed by atoms with Gasteiger partial charge in [0.1, 0.15) is 0 Å². The van der Waals surface area contributed by atoms with Crippen molar-refractivity contribution in [3.05, 3.63) is 66.2 Å². The highest BCUT2D eigenvalue weighted by Crippen LogP contribution is 2.41. The maximum absolute atomic E-state index is 12.5. The van der Waals surface area contributed by atoms with E-state index in [0.717, 1.165) is 46.5 Å². The number of carbonyl (C=O) groups excluding carboxylic acids is 1. The Balaban J connectivity index is 0.00000216. The number of benzene rings is 2. The molecular weight excluding hydrogens is 434 g/mol. The average molecular weight is 452 g/mol. The predicted molar refractivity (Wildman–Crippen MR) is 110 cm³/mol. The lowest BCUT2D eigenvalue weighted by Crippen LogP contribution is -3.00. The van der Waals surface area contributed by atoms with Crippen molar-refractivity contribution < 1.29 is 45.1 Å². The number of pyridine rings is 1. The van der Waals surface area contributed by atoms with Gasteiger partial charge < -0.3 is 35.8 Å². The number of methoxy groups -OCH3 is 1. The number of rotatable bonds is 3. The summed E-state index contributed by atoms with van der Waals surface area (Å²) in [6.07, 6.45) is 4.30. The predicted octanol–water partition coefficient (Wildman–Crippen LogP) is 0.904. The molecule has 0 saturated heterocycles. The van der Waals surface area contributed by atoms with Gasteiger partial charge in [-0.05, 0) is 47.3 Å². The molecule has 2 aliphatic heterocycles. The smallest absolute Gasteiger partial charge is 0.379 e. The second-order valence-corrected chi connectivity index (χ2v) is 7.43. The summed E-state index contributed by atoms with van der Waals surface area (Å²) in [7, 11) is 1.55. The molecule has 2 aliphatic rings. The minimum absolute atomic E-state index is 0. The lowest BCUT2D eigenvalue weighted by Gasteiger charge is -2.17. The second-order valence-electron chi connectivity index (χ2n) is 7.43. The Morgan fingerprint density at radius 1 is 1.09 bits per heavy atom. The molecule has 0 radical (unpaired) electrons. The molecule has 0 bridgehead atoms. The lowest BCUT2D eigenvalue weighted by molar-refractivity contribution is -0.686. The minimum Gasteiger partial charge on any atom is -1.00 e. The van der Waals surface area contributed by atoms with Crippen molar-refractivity contribution in [1.82, 2.24) is 0 Å². The first kappa shape index (κ1) is 20.2. The van der Waals surface area contributed by atoms with Gasteiger partial charge in [-0.2, -0.15) is 4.57 Å². The van der Waals surface area contributed by atoms with Crippen LogP contribution in [0.15, 0.2) is 59.3 Å². The van der Waals surface area contributed by atoms with Crippen LogP contribution in [-0.4, -0.2) is 19.9 Å². The fourth-order valence-electron chi connectivity index (χ4n) is 4.20. The number of hydrogen-bond donors (Lipinski definition) is 0. The molecule has 2 aromatic heterocycles. The summed E-state index contributed by atoms with van der Waals surface area (Å²) < 4.78 is 29.6. The van der Waals surface area contributed by atoms with Gasteiger partial charge in [-0.1, -0.05) is 0 Å². The fourth-order valence-corrected chi connectivity index (χ4v) is 4.20. The van der Waals surface area contributed by atoms with Gasteiger partial charge >= 0.3 is 5.97 Å². The highest BCUT2D eigenvalue weighted by molar-refractivity contribution is 5.96. The van der Waals surface area contributed by atoms with E-state index in [4.69, 9.17) is 23.4 Å². The molecule has 6 rings (SSSR count). The van der Waals surface area contributed by atoms with Crippen molar-refractivity contribution in [3.63, 3.8) is 0 Å². The van der Waals surface area contributed by atoms with E-state index in [1.165, 1.54) is 11.8 Å². The molecule has 0 N–H and O–H groups in total. The first-order valence-electron chi connectivity index (χ1n) is 9.94. The summed E-state index contributed by atoms with van der Waals surface area (Å²) in [4.78, 5) is 12.5. The van der Waals surface area contributed by atoms with Crippen molar-refractivity contribution in [2.45, 2.75) is 13.0 Å². The van der Waals surface area contributed by atoms with Crippen LogP contribution in [0.3, 0.4) is 0 Å². The number of fused-ring (bicyclic) bond motifs is 5. The topological polar surface area (TPSA) is 71.0 Å². The number of halogens is 1. The molecule has 0 spiro atoms. The molecule has 4 aromatic rings. The number of hydrogen-bond acceptors (Lipinski definition) is 6. The monoisotopic (exact) mass is 451 g/mol. The van der Waals surface area contributed by atoms with Gasteiger partial charge in [0.15, 0.2) is 35.7 Å². The molecule has 8 heteroatoms. The Morgan fingerprint density at radius 3 is 2.72 bits per heavy atom. The third-order valence-electron chi connectivity index (χ3n) is 5.71. The van der Waals surface area contributed by atoms with Gasteiger partial charge in [0.2, 0.25) is 18.2 Å². The highest BCUT2D eigenvalue weighted by atomic mass is 35.5. The second kappa shape index (κ2) is 7.76. The summed E-state index contributed by atoms with van der Waals surface area (Å²) >= 11 is 0. The molecule has 2 aromatic carbocycles. The van der Waals surface area contributed by atoms with Crippen LogP contribution in [-0.2, 0) is 13.0 Å². The van der Waals surface area contributed by atoms with Crippen LogP contribution in [0.1, 0.15) is 16.1 Å². The number of aryl methyl sites for hydroxylation is 2. The van der Waals surface area contributed by atoms with Crippen molar-refractivity contribution in [1.29, 1.82) is 0 Å². The summed E-state index contributed by atoms with van der Waals surface area (Å²) in [5.41, 5.74) is 3.41. The number of esters is 1. The normalized spacial score (nSPS) is 13.2. The Bertz CT molecular complexity index is 1350. The van der Waals surface area contributed by atoms with E-state index in [1.807, 2.05) is 18.3 Å². The molecule has 0 fully saturated rings. The standard InChI is InChI=1S/C24H18NO6.ClH/c1-27-19-5-4-14-9-18-16-11-22-21(29-13-30-22)10-15(16)6-7-25(18)12-17(14)23(19)31-24(26)20-3-2-8-28-20;/h2-5,8-12H,6-7,13H2,1H3;1H/q+1;/p-1. The number of furan rings is 1. The molecule has 32 heavy (non-hydrogen) atoms. The average Bonchev–Trinajstić information content (AvgIpc) is 3.48.